The van der Waals surface area contributed by atoms with E-state index in [0.29, 0.717) is 19.4 Å². The van der Waals surface area contributed by atoms with Crippen molar-refractivity contribution in [3.05, 3.63) is 29.3 Å². The van der Waals surface area contributed by atoms with Crippen LogP contribution in [0.25, 0.3) is 0 Å². The molecule has 3 heteroatoms. The summed E-state index contributed by atoms with van der Waals surface area (Å²) in [6, 6.07) is 6.69. The Morgan fingerprint density at radius 2 is 2.06 bits per heavy atom. The van der Waals surface area contributed by atoms with Crippen molar-refractivity contribution in [3.63, 3.8) is 0 Å². The van der Waals surface area contributed by atoms with Gasteiger partial charge in [-0.2, -0.15) is 0 Å². The van der Waals surface area contributed by atoms with Gasteiger partial charge in [-0.1, -0.05) is 19.1 Å². The van der Waals surface area contributed by atoms with Crippen LogP contribution in [0, 0.1) is 6.92 Å². The summed E-state index contributed by atoms with van der Waals surface area (Å²) in [4.78, 5) is 0. The number of hydrogen-bond acceptors (Lipinski definition) is 3. The molecule has 1 N–H and O–H groups in total. The fourth-order valence-electron chi connectivity index (χ4n) is 1.77. The molecule has 1 unspecified atom stereocenters. The van der Waals surface area contributed by atoms with Crippen molar-refractivity contribution >= 4 is 0 Å². The Bertz CT molecular complexity index is 352. The second-order valence-electron chi connectivity index (χ2n) is 4.46. The first-order chi connectivity index (χ1) is 8.69. The maximum Gasteiger partial charge on any atom is 0.189 e. The first-order valence-corrected chi connectivity index (χ1v) is 6.73. The zero-order valence-corrected chi connectivity index (χ0v) is 12.0. The lowest BCUT2D eigenvalue weighted by molar-refractivity contribution is 0.0220. The van der Waals surface area contributed by atoms with Gasteiger partial charge in [0.25, 0.3) is 0 Å². The normalized spacial score (nSPS) is 12.4. The number of nitrogens with one attached hydrogen (secondary N) is 1. The van der Waals surface area contributed by atoms with Gasteiger partial charge in [0.05, 0.1) is 0 Å². The van der Waals surface area contributed by atoms with Gasteiger partial charge in [0, 0.05) is 12.6 Å². The molecule has 0 fully saturated rings. The number of rotatable bonds is 8. The lowest BCUT2D eigenvalue weighted by Crippen LogP contribution is -2.19. The molecule has 0 aliphatic rings. The topological polar surface area (TPSA) is 30.5 Å². The molecule has 0 aliphatic carbocycles. The first kappa shape index (κ1) is 15.0. The Labute approximate surface area is 110 Å². The summed E-state index contributed by atoms with van der Waals surface area (Å²) in [7, 11) is 0. The maximum absolute atomic E-state index is 5.55. The van der Waals surface area contributed by atoms with Gasteiger partial charge in [0.1, 0.15) is 5.75 Å². The van der Waals surface area contributed by atoms with Crippen LogP contribution in [-0.4, -0.2) is 19.9 Å². The van der Waals surface area contributed by atoms with Gasteiger partial charge < -0.3 is 14.8 Å². The van der Waals surface area contributed by atoms with Gasteiger partial charge in [-0.25, -0.2) is 0 Å². The summed E-state index contributed by atoms with van der Waals surface area (Å²) >= 11 is 0. The molecule has 1 rings (SSSR count). The van der Waals surface area contributed by atoms with Crippen molar-refractivity contribution in [2.75, 3.05) is 19.9 Å². The molecule has 0 bridgehead atoms. The van der Waals surface area contributed by atoms with Crippen molar-refractivity contribution < 1.29 is 9.47 Å². The van der Waals surface area contributed by atoms with Crippen LogP contribution in [-0.2, 0) is 4.74 Å². The van der Waals surface area contributed by atoms with E-state index in [9.17, 15) is 0 Å². The molecule has 0 saturated carbocycles. The third kappa shape index (κ3) is 4.67. The molecule has 0 aliphatic heterocycles. The Balaban J connectivity index is 2.60. The average Bonchev–Trinajstić information content (AvgIpc) is 2.38. The van der Waals surface area contributed by atoms with E-state index >= 15 is 0 Å². The SMILES string of the molecule is CCCNC(C)c1ccc(OCOCC)c(C)c1. The van der Waals surface area contributed by atoms with Crippen molar-refractivity contribution in [3.8, 4) is 5.75 Å². The van der Waals surface area contributed by atoms with Gasteiger partial charge in [-0.3, -0.25) is 0 Å². The van der Waals surface area contributed by atoms with Crippen molar-refractivity contribution in [1.29, 1.82) is 0 Å². The number of aryl methyl sites for hydroxylation is 1. The molecule has 0 amide bonds. The quantitative estimate of drug-likeness (QED) is 0.567. The van der Waals surface area contributed by atoms with Crippen LogP contribution in [0.1, 0.15) is 44.4 Å². The van der Waals surface area contributed by atoms with Gasteiger partial charge in [0.2, 0.25) is 0 Å². The standard InChI is InChI=1S/C15H25NO2/c1-5-9-16-13(4)14-7-8-15(12(3)10-14)18-11-17-6-2/h7-8,10,13,16H,5-6,9,11H2,1-4H3. The smallest absolute Gasteiger partial charge is 0.189 e. The van der Waals surface area contributed by atoms with Crippen LogP contribution in [0.4, 0.5) is 0 Å². The summed E-state index contributed by atoms with van der Waals surface area (Å²) in [6.45, 7) is 10.4. The van der Waals surface area contributed by atoms with Crippen LogP contribution >= 0.6 is 0 Å². The second kappa shape index (κ2) is 8.11. The third-order valence-corrected chi connectivity index (χ3v) is 2.90. The van der Waals surface area contributed by atoms with Crippen molar-refractivity contribution in [2.24, 2.45) is 0 Å². The van der Waals surface area contributed by atoms with E-state index in [2.05, 4.69) is 38.2 Å². The molecule has 0 radical (unpaired) electrons. The summed E-state index contributed by atoms with van der Waals surface area (Å²) in [5.41, 5.74) is 2.45. The van der Waals surface area contributed by atoms with Crippen LogP contribution < -0.4 is 10.1 Å². The monoisotopic (exact) mass is 251 g/mol. The van der Waals surface area contributed by atoms with Crippen LogP contribution in [0.3, 0.4) is 0 Å². The molecule has 1 aromatic rings. The largest absolute Gasteiger partial charge is 0.467 e. The highest BCUT2D eigenvalue weighted by atomic mass is 16.7. The first-order valence-electron chi connectivity index (χ1n) is 6.73. The number of hydrogen-bond donors (Lipinski definition) is 1. The Hall–Kier alpha value is -1.06. The van der Waals surface area contributed by atoms with E-state index in [0.717, 1.165) is 24.3 Å². The third-order valence-electron chi connectivity index (χ3n) is 2.90. The fourth-order valence-corrected chi connectivity index (χ4v) is 1.77. The van der Waals surface area contributed by atoms with Gasteiger partial charge >= 0.3 is 0 Å². The average molecular weight is 251 g/mol. The Morgan fingerprint density at radius 3 is 2.67 bits per heavy atom. The van der Waals surface area contributed by atoms with Gasteiger partial charge in [0.15, 0.2) is 6.79 Å². The van der Waals surface area contributed by atoms with Crippen LogP contribution in [0.15, 0.2) is 18.2 Å². The van der Waals surface area contributed by atoms with Crippen LogP contribution in [0.5, 0.6) is 5.75 Å². The number of benzene rings is 1. The van der Waals surface area contributed by atoms with Crippen molar-refractivity contribution in [1.82, 2.24) is 5.32 Å². The molecule has 0 spiro atoms. The minimum Gasteiger partial charge on any atom is -0.467 e. The molecule has 18 heavy (non-hydrogen) atoms. The molecule has 1 aromatic carbocycles. The molecule has 1 atom stereocenters. The molecule has 3 nitrogen and oxygen atoms in total. The predicted octanol–water partition coefficient (Wildman–Crippen LogP) is 3.43. The number of ether oxygens (including phenoxy) is 2. The van der Waals surface area contributed by atoms with E-state index < -0.39 is 0 Å². The highest BCUT2D eigenvalue weighted by Gasteiger charge is 2.07. The maximum atomic E-state index is 5.55. The summed E-state index contributed by atoms with van der Waals surface area (Å²) in [5, 5.41) is 3.48. The molecule has 102 valence electrons. The zero-order valence-electron chi connectivity index (χ0n) is 12.0. The minimum atomic E-state index is 0.320. The Kier molecular flexibility index (Phi) is 6.76. The van der Waals surface area contributed by atoms with Gasteiger partial charge in [-0.15, -0.1) is 0 Å². The molecule has 0 saturated heterocycles. The zero-order chi connectivity index (χ0) is 13.4. The molecule has 0 heterocycles. The highest BCUT2D eigenvalue weighted by molar-refractivity contribution is 5.37. The highest BCUT2D eigenvalue weighted by Crippen LogP contribution is 2.22. The summed E-state index contributed by atoms with van der Waals surface area (Å²) < 4.78 is 10.7. The molecular formula is C15H25NO2. The van der Waals surface area contributed by atoms with E-state index in [-0.39, 0.29) is 0 Å². The van der Waals surface area contributed by atoms with Crippen molar-refractivity contribution in [2.45, 2.75) is 40.2 Å². The Morgan fingerprint density at radius 1 is 1.28 bits per heavy atom. The minimum absolute atomic E-state index is 0.320. The van der Waals surface area contributed by atoms with E-state index in [1.807, 2.05) is 13.0 Å². The van der Waals surface area contributed by atoms with Gasteiger partial charge in [-0.05, 0) is 50.9 Å². The van der Waals surface area contributed by atoms with E-state index in [1.165, 1.54) is 5.56 Å². The molecular weight excluding hydrogens is 226 g/mol. The second-order valence-corrected chi connectivity index (χ2v) is 4.46. The summed E-state index contributed by atoms with van der Waals surface area (Å²) in [6.07, 6.45) is 1.15. The lowest BCUT2D eigenvalue weighted by Gasteiger charge is -2.16. The lowest BCUT2D eigenvalue weighted by atomic mass is 10.0. The fraction of sp³-hybridized carbons (Fsp3) is 0.600. The predicted molar refractivity (Wildman–Crippen MR) is 75.0 cm³/mol. The van der Waals surface area contributed by atoms with E-state index in [1.54, 1.807) is 0 Å². The van der Waals surface area contributed by atoms with E-state index in [4.69, 9.17) is 9.47 Å². The van der Waals surface area contributed by atoms with Crippen LogP contribution in [0.2, 0.25) is 0 Å². The molecule has 0 aromatic heterocycles. The summed E-state index contributed by atoms with van der Waals surface area (Å²) in [5.74, 6) is 0.898.